The topological polar surface area (TPSA) is 238 Å². The molecule has 0 unspecified atom stereocenters. The summed E-state index contributed by atoms with van der Waals surface area (Å²) in [6, 6.07) is 31.7. The summed E-state index contributed by atoms with van der Waals surface area (Å²) in [6.07, 6.45) is -7.38. The lowest BCUT2D eigenvalue weighted by Crippen LogP contribution is -2.63. The van der Waals surface area contributed by atoms with Crippen LogP contribution in [0.25, 0.3) is 0 Å². The molecule has 1 aliphatic rings. The number of ether oxygens (including phenoxy) is 8. The van der Waals surface area contributed by atoms with Gasteiger partial charge in [-0.3, -0.25) is 19.3 Å². The number of hydrogen-bond acceptors (Lipinski definition) is 16. The Morgan fingerprint density at radius 2 is 1.05 bits per heavy atom. The van der Waals surface area contributed by atoms with Gasteiger partial charge in [0.1, 0.15) is 31.5 Å². The Morgan fingerprint density at radius 1 is 0.566 bits per heavy atom. The number of unbranched alkanes of at least 4 members (excludes halogenated alkanes) is 2. The fraction of sp³-hybridized carbons (Fsp3) is 0.407. The highest BCUT2D eigenvalue weighted by Gasteiger charge is 2.54. The van der Waals surface area contributed by atoms with E-state index in [1.165, 1.54) is 48.5 Å². The molecule has 0 radical (unpaired) electrons. The molecule has 1 fully saturated rings. The van der Waals surface area contributed by atoms with Gasteiger partial charge >= 0.3 is 35.9 Å². The molecule has 0 saturated carbocycles. The van der Waals surface area contributed by atoms with E-state index in [2.05, 4.69) is 10.6 Å². The first-order chi connectivity index (χ1) is 36.3. The summed E-state index contributed by atoms with van der Waals surface area (Å²) in [7, 11) is 0. The number of alkyl halides is 3. The molecule has 0 aliphatic carbocycles. The van der Waals surface area contributed by atoms with Crippen molar-refractivity contribution in [3.63, 3.8) is 0 Å². The second-order valence-electron chi connectivity index (χ2n) is 18.0. The van der Waals surface area contributed by atoms with Gasteiger partial charge in [-0.1, -0.05) is 114 Å². The van der Waals surface area contributed by atoms with Gasteiger partial charge in [0.05, 0.1) is 28.9 Å². The molecule has 0 spiro atoms. The highest BCUT2D eigenvalue weighted by Crippen LogP contribution is 2.32. The molecule has 19 nitrogen and oxygen atoms in total. The van der Waals surface area contributed by atoms with Gasteiger partial charge in [0.15, 0.2) is 24.6 Å². The van der Waals surface area contributed by atoms with Crippen molar-refractivity contribution in [2.45, 2.75) is 93.0 Å². The molecule has 4 aromatic rings. The summed E-state index contributed by atoms with van der Waals surface area (Å²) in [6.45, 7) is 2.93. The van der Waals surface area contributed by atoms with E-state index >= 15 is 0 Å². The van der Waals surface area contributed by atoms with Gasteiger partial charge in [0, 0.05) is 32.5 Å². The third kappa shape index (κ3) is 21.1. The molecule has 76 heavy (non-hydrogen) atoms. The second kappa shape index (κ2) is 30.1. The van der Waals surface area contributed by atoms with Crippen LogP contribution in [0.5, 0.6) is 0 Å². The van der Waals surface area contributed by atoms with Crippen LogP contribution in [-0.4, -0.2) is 139 Å². The Balaban J connectivity index is 1.31. The molecule has 22 heteroatoms. The van der Waals surface area contributed by atoms with E-state index in [9.17, 15) is 38.4 Å². The first-order valence-corrected chi connectivity index (χ1v) is 25.4. The molecule has 3 amide bonds. The van der Waals surface area contributed by atoms with Crippen LogP contribution in [0, 0.1) is 0 Å². The fourth-order valence-electron chi connectivity index (χ4n) is 7.18. The van der Waals surface area contributed by atoms with Crippen molar-refractivity contribution < 1.29 is 76.3 Å². The number of rotatable bonds is 25. The SMILES string of the molecule is CC(C)(C)OC(=O)N(CCC(=O)NCCCCCC(=O)OCC(Cl)(Cl)Cl)CC(=O)NCCO[C@@H]1O[C@H](COC(=O)c2ccccc2)[C@H](OC(=O)c2ccccc2)[C@H](OC(=O)c2ccccc2)[C@H]1OC(=O)c1ccccc1. The molecule has 2 N–H and O–H groups in total. The number of nitrogens with zero attached hydrogens (tertiary/aromatic N) is 1. The number of hydrogen-bond donors (Lipinski definition) is 2. The molecule has 5 atom stereocenters. The third-order valence-corrected chi connectivity index (χ3v) is 11.1. The van der Waals surface area contributed by atoms with Crippen molar-refractivity contribution in [1.29, 1.82) is 0 Å². The van der Waals surface area contributed by atoms with Crippen molar-refractivity contribution in [2.75, 3.05) is 46.0 Å². The van der Waals surface area contributed by atoms with Gasteiger partial charge in [0.2, 0.25) is 15.6 Å². The Bertz CT molecular complexity index is 2530. The second-order valence-corrected chi connectivity index (χ2v) is 20.5. The minimum Gasteiger partial charge on any atom is -0.461 e. The van der Waals surface area contributed by atoms with Crippen LogP contribution in [0.4, 0.5) is 4.79 Å². The van der Waals surface area contributed by atoms with Gasteiger partial charge in [-0.15, -0.1) is 0 Å². The van der Waals surface area contributed by atoms with Crippen LogP contribution < -0.4 is 10.6 Å². The highest BCUT2D eigenvalue weighted by atomic mass is 35.6. The Kier molecular flexibility index (Phi) is 23.8. The summed E-state index contributed by atoms with van der Waals surface area (Å²) in [5, 5.41) is 5.40. The van der Waals surface area contributed by atoms with Gasteiger partial charge in [-0.25, -0.2) is 24.0 Å². The van der Waals surface area contributed by atoms with Gasteiger partial charge < -0.3 is 48.5 Å². The number of benzene rings is 4. The quantitative estimate of drug-likeness (QED) is 0.0281. The predicted octanol–water partition coefficient (Wildman–Crippen LogP) is 7.60. The zero-order chi connectivity index (χ0) is 55.1. The van der Waals surface area contributed by atoms with Crippen LogP contribution in [0.3, 0.4) is 0 Å². The largest absolute Gasteiger partial charge is 0.461 e. The first-order valence-electron chi connectivity index (χ1n) is 24.3. The average molecular weight is 1110 g/mol. The van der Waals surface area contributed by atoms with Crippen LogP contribution in [0.2, 0.25) is 0 Å². The van der Waals surface area contributed by atoms with Crippen LogP contribution in [0.15, 0.2) is 121 Å². The Hall–Kier alpha value is -6.77. The van der Waals surface area contributed by atoms with Crippen LogP contribution in [0.1, 0.15) is 94.3 Å². The molecule has 4 aromatic carbocycles. The molecule has 1 aliphatic heterocycles. The maximum absolute atomic E-state index is 14.0. The lowest BCUT2D eigenvalue weighted by Gasteiger charge is -2.44. The molecular formula is C54H60Cl3N3O16. The maximum Gasteiger partial charge on any atom is 0.410 e. The van der Waals surface area contributed by atoms with Crippen LogP contribution in [-0.2, 0) is 52.3 Å². The van der Waals surface area contributed by atoms with E-state index in [-0.39, 0.29) is 67.9 Å². The van der Waals surface area contributed by atoms with Crippen molar-refractivity contribution >= 4 is 82.6 Å². The minimum atomic E-state index is -1.71. The number of amides is 3. The summed E-state index contributed by atoms with van der Waals surface area (Å²) < 4.78 is 45.1. The number of nitrogens with one attached hydrogen (secondary N) is 2. The minimum absolute atomic E-state index is 0.0910. The van der Waals surface area contributed by atoms with Crippen molar-refractivity contribution in [3.05, 3.63) is 144 Å². The standard InChI is InChI=1S/C54H60Cl3N3O16/c1-53(2,3)76-52(68)60(31-28-41(61)58-29-18-8-17-27-43(63)71-35-54(55,56)57)33-42(62)59-30-32-69-51-46(75-50(67)39-25-15-7-16-26-39)45(74-49(66)38-23-13-6-14-24-38)44(73-48(65)37-21-11-5-12-22-37)40(72-51)34-70-47(64)36-19-9-4-10-20-36/h4-7,9-16,19-26,40,44-46,51H,8,17-18,27-35H2,1-3H3,(H,58,61)(H,59,62)/t40-,44+,45+,46-,51-/m1/s1. The third-order valence-electron chi connectivity index (χ3n) is 10.8. The van der Waals surface area contributed by atoms with Crippen molar-refractivity contribution in [2.24, 2.45) is 0 Å². The molecule has 5 rings (SSSR count). The van der Waals surface area contributed by atoms with E-state index in [0.717, 1.165) is 4.90 Å². The van der Waals surface area contributed by atoms with Gasteiger partial charge in [0.25, 0.3) is 0 Å². The van der Waals surface area contributed by atoms with E-state index in [0.29, 0.717) is 19.3 Å². The Morgan fingerprint density at radius 3 is 1.57 bits per heavy atom. The number of carbonyl (C=O) groups excluding carboxylic acids is 8. The maximum atomic E-state index is 14.0. The number of carbonyl (C=O) groups is 8. The average Bonchev–Trinajstić information content (AvgIpc) is 3.40. The normalized spacial score (nSPS) is 17.2. The van der Waals surface area contributed by atoms with Crippen molar-refractivity contribution in [1.82, 2.24) is 15.5 Å². The first kappa shape index (κ1) is 60.1. The van der Waals surface area contributed by atoms with Crippen LogP contribution >= 0.6 is 34.8 Å². The van der Waals surface area contributed by atoms with E-state index in [4.69, 9.17) is 72.7 Å². The fourth-order valence-corrected chi connectivity index (χ4v) is 7.34. The van der Waals surface area contributed by atoms with Crippen molar-refractivity contribution in [3.8, 4) is 0 Å². The molecule has 1 heterocycles. The zero-order valence-electron chi connectivity index (χ0n) is 42.0. The number of esters is 5. The number of halogens is 3. The van der Waals surface area contributed by atoms with E-state index in [1.54, 1.807) is 93.6 Å². The zero-order valence-corrected chi connectivity index (χ0v) is 44.3. The molecule has 1 saturated heterocycles. The smallest absolute Gasteiger partial charge is 0.410 e. The van der Waals surface area contributed by atoms with Gasteiger partial charge in [-0.05, 0) is 82.1 Å². The molecular weight excluding hydrogens is 1050 g/mol. The summed E-state index contributed by atoms with van der Waals surface area (Å²) in [4.78, 5) is 107. The summed E-state index contributed by atoms with van der Waals surface area (Å²) in [5.41, 5.74) is -0.458. The highest BCUT2D eigenvalue weighted by molar-refractivity contribution is 6.67. The molecule has 0 aromatic heterocycles. The monoisotopic (exact) mass is 1110 g/mol. The summed E-state index contributed by atoms with van der Waals surface area (Å²) in [5.74, 6) is -5.05. The summed E-state index contributed by atoms with van der Waals surface area (Å²) >= 11 is 16.8. The lowest BCUT2D eigenvalue weighted by molar-refractivity contribution is -0.297. The van der Waals surface area contributed by atoms with E-state index < -0.39 is 101 Å². The Labute approximate surface area is 455 Å². The lowest BCUT2D eigenvalue weighted by atomic mass is 9.97. The predicted molar refractivity (Wildman–Crippen MR) is 276 cm³/mol. The van der Waals surface area contributed by atoms with E-state index in [1.807, 2.05) is 0 Å². The molecule has 0 bridgehead atoms. The molecule has 408 valence electrons. The van der Waals surface area contributed by atoms with Gasteiger partial charge in [-0.2, -0.15) is 0 Å².